The number of carbonyl (C=O) groups excluding carboxylic acids is 1. The summed E-state index contributed by atoms with van der Waals surface area (Å²) in [5.74, 6) is -1.59. The molecule has 0 radical (unpaired) electrons. The number of aliphatic carboxylic acids is 1. The lowest BCUT2D eigenvalue weighted by Crippen LogP contribution is -2.48. The van der Waals surface area contributed by atoms with Crippen LogP contribution >= 0.6 is 22.9 Å². The number of amides is 1. The molecule has 2 N–H and O–H groups in total. The summed E-state index contributed by atoms with van der Waals surface area (Å²) in [6, 6.07) is 4.67. The Kier molecular flexibility index (Phi) is 5.97. The first-order valence-corrected chi connectivity index (χ1v) is 11.8. The number of nitrogens with zero attached hydrogens (tertiary/aromatic N) is 1. The molecule has 10 heteroatoms. The highest BCUT2D eigenvalue weighted by molar-refractivity contribution is 7.91. The Morgan fingerprint density at radius 2 is 2.07 bits per heavy atom. The van der Waals surface area contributed by atoms with Gasteiger partial charge >= 0.3 is 5.97 Å². The standard InChI is InChI=1S/C19H23ClN2O5S2/c1-19(2,3)10-14(18(24)25)22-7-6-13(17(22)23)21-29(26,27)16-9-11-8-12(20)4-5-15(11)28-16/h4-5,8-9,13-14,21H,6-7,10H2,1-3H3,(H,24,25)/t13-,14-/m0/s1. The van der Waals surface area contributed by atoms with E-state index in [0.29, 0.717) is 10.4 Å². The molecule has 2 aromatic rings. The smallest absolute Gasteiger partial charge is 0.326 e. The number of nitrogens with one attached hydrogen (secondary N) is 1. The monoisotopic (exact) mass is 458 g/mol. The molecule has 1 aromatic heterocycles. The fourth-order valence-electron chi connectivity index (χ4n) is 3.40. The van der Waals surface area contributed by atoms with Crippen molar-refractivity contribution >= 4 is 54.9 Å². The number of hydrogen-bond donors (Lipinski definition) is 2. The average molecular weight is 459 g/mol. The van der Waals surface area contributed by atoms with E-state index in [1.807, 2.05) is 20.8 Å². The van der Waals surface area contributed by atoms with Crippen LogP contribution < -0.4 is 4.72 Å². The largest absolute Gasteiger partial charge is 0.480 e. The average Bonchev–Trinajstić information content (AvgIpc) is 3.16. The molecule has 0 aliphatic carbocycles. The molecular formula is C19H23ClN2O5S2. The zero-order chi connectivity index (χ0) is 21.6. The number of sulfonamides is 1. The van der Waals surface area contributed by atoms with Crippen molar-refractivity contribution in [2.75, 3.05) is 6.54 Å². The van der Waals surface area contributed by atoms with Crippen molar-refractivity contribution in [3.63, 3.8) is 0 Å². The van der Waals surface area contributed by atoms with Crippen molar-refractivity contribution in [2.45, 2.75) is 49.9 Å². The second kappa shape index (κ2) is 7.86. The molecule has 1 fully saturated rings. The van der Waals surface area contributed by atoms with Crippen molar-refractivity contribution in [1.82, 2.24) is 9.62 Å². The van der Waals surface area contributed by atoms with Gasteiger partial charge in [-0.1, -0.05) is 32.4 Å². The first kappa shape index (κ1) is 22.0. The van der Waals surface area contributed by atoms with E-state index in [1.54, 1.807) is 18.2 Å². The van der Waals surface area contributed by atoms with Gasteiger partial charge in [0, 0.05) is 16.3 Å². The van der Waals surface area contributed by atoms with Gasteiger partial charge in [-0.15, -0.1) is 11.3 Å². The van der Waals surface area contributed by atoms with E-state index in [2.05, 4.69) is 4.72 Å². The Labute approximate surface area is 178 Å². The lowest BCUT2D eigenvalue weighted by atomic mass is 9.87. The normalized spacial score (nSPS) is 19.1. The third-order valence-electron chi connectivity index (χ3n) is 4.72. The number of carboxylic acids is 1. The van der Waals surface area contributed by atoms with E-state index in [1.165, 1.54) is 11.0 Å². The number of carboxylic acid groups (broad SMARTS) is 1. The lowest BCUT2D eigenvalue weighted by Gasteiger charge is -2.30. The lowest BCUT2D eigenvalue weighted by molar-refractivity contribution is -0.149. The molecule has 0 unspecified atom stereocenters. The van der Waals surface area contributed by atoms with Gasteiger partial charge in [-0.2, -0.15) is 4.72 Å². The number of carbonyl (C=O) groups is 2. The molecule has 2 atom stereocenters. The SMILES string of the molecule is CC(C)(C)C[C@@H](C(=O)O)N1CC[C@H](NS(=O)(=O)c2cc3cc(Cl)ccc3s2)C1=O. The minimum Gasteiger partial charge on any atom is -0.480 e. The predicted octanol–water partition coefficient (Wildman–Crippen LogP) is 3.32. The Morgan fingerprint density at radius 1 is 1.38 bits per heavy atom. The topological polar surface area (TPSA) is 104 Å². The number of halogens is 1. The van der Waals surface area contributed by atoms with Crippen LogP contribution in [-0.2, 0) is 19.6 Å². The van der Waals surface area contributed by atoms with Crippen LogP contribution in [0, 0.1) is 5.41 Å². The van der Waals surface area contributed by atoms with Gasteiger partial charge in [-0.05, 0) is 47.9 Å². The summed E-state index contributed by atoms with van der Waals surface area (Å²) < 4.78 is 28.9. The van der Waals surface area contributed by atoms with Crippen LogP contribution in [0.1, 0.15) is 33.6 Å². The van der Waals surface area contributed by atoms with Crippen LogP contribution in [0.25, 0.3) is 10.1 Å². The molecule has 1 aliphatic heterocycles. The number of likely N-dealkylation sites (tertiary alicyclic amines) is 1. The quantitative estimate of drug-likeness (QED) is 0.691. The fraction of sp³-hybridized carbons (Fsp3) is 0.474. The van der Waals surface area contributed by atoms with Gasteiger partial charge in [-0.25, -0.2) is 13.2 Å². The Bertz CT molecular complexity index is 1060. The van der Waals surface area contributed by atoms with E-state index < -0.39 is 34.0 Å². The second-order valence-corrected chi connectivity index (χ2v) is 11.8. The maximum absolute atomic E-state index is 12.8. The highest BCUT2D eigenvalue weighted by Gasteiger charge is 2.42. The molecule has 0 spiro atoms. The van der Waals surface area contributed by atoms with Crippen LogP contribution in [0.15, 0.2) is 28.5 Å². The van der Waals surface area contributed by atoms with E-state index >= 15 is 0 Å². The van der Waals surface area contributed by atoms with E-state index in [4.69, 9.17) is 11.6 Å². The number of rotatable bonds is 6. The molecular weight excluding hydrogens is 436 g/mol. The highest BCUT2D eigenvalue weighted by Crippen LogP contribution is 2.32. The van der Waals surface area contributed by atoms with Gasteiger partial charge in [0.1, 0.15) is 16.3 Å². The van der Waals surface area contributed by atoms with Gasteiger partial charge in [0.15, 0.2) is 0 Å². The minimum atomic E-state index is -3.93. The third kappa shape index (κ3) is 4.91. The Hall–Kier alpha value is -1.68. The Balaban J connectivity index is 1.79. The first-order chi connectivity index (χ1) is 13.4. The Morgan fingerprint density at radius 3 is 2.69 bits per heavy atom. The van der Waals surface area contributed by atoms with Crippen molar-refractivity contribution in [3.8, 4) is 0 Å². The molecule has 2 heterocycles. The van der Waals surface area contributed by atoms with Gasteiger partial charge in [0.25, 0.3) is 10.0 Å². The summed E-state index contributed by atoms with van der Waals surface area (Å²) >= 11 is 7.05. The van der Waals surface area contributed by atoms with Gasteiger partial charge < -0.3 is 10.0 Å². The molecule has 29 heavy (non-hydrogen) atoms. The molecule has 1 aromatic carbocycles. The van der Waals surface area contributed by atoms with Gasteiger partial charge in [0.05, 0.1) is 0 Å². The first-order valence-electron chi connectivity index (χ1n) is 9.12. The van der Waals surface area contributed by atoms with Crippen LogP contribution in [-0.4, -0.2) is 48.9 Å². The molecule has 1 aliphatic rings. The summed E-state index contributed by atoms with van der Waals surface area (Å²) in [5.41, 5.74) is -0.292. The molecule has 0 bridgehead atoms. The number of hydrogen-bond acceptors (Lipinski definition) is 5. The van der Waals surface area contributed by atoms with Crippen molar-refractivity contribution in [2.24, 2.45) is 5.41 Å². The number of thiophene rings is 1. The van der Waals surface area contributed by atoms with E-state index in [-0.39, 0.29) is 29.0 Å². The predicted molar refractivity (Wildman–Crippen MR) is 113 cm³/mol. The maximum Gasteiger partial charge on any atom is 0.326 e. The summed E-state index contributed by atoms with van der Waals surface area (Å²) in [7, 11) is -3.93. The van der Waals surface area contributed by atoms with Gasteiger partial charge in [-0.3, -0.25) is 4.79 Å². The molecule has 7 nitrogen and oxygen atoms in total. The summed E-state index contributed by atoms with van der Waals surface area (Å²) in [6.45, 7) is 5.90. The number of benzene rings is 1. The fourth-order valence-corrected chi connectivity index (χ4v) is 6.20. The van der Waals surface area contributed by atoms with Crippen LogP contribution in [0.4, 0.5) is 0 Å². The molecule has 158 valence electrons. The van der Waals surface area contributed by atoms with Crippen molar-refractivity contribution < 1.29 is 23.1 Å². The second-order valence-electron chi connectivity index (χ2n) is 8.36. The van der Waals surface area contributed by atoms with Crippen LogP contribution in [0.2, 0.25) is 5.02 Å². The summed E-state index contributed by atoms with van der Waals surface area (Å²) in [6.07, 6.45) is 0.507. The number of fused-ring (bicyclic) bond motifs is 1. The molecule has 1 saturated heterocycles. The zero-order valence-electron chi connectivity index (χ0n) is 16.3. The molecule has 0 saturated carbocycles. The van der Waals surface area contributed by atoms with Crippen molar-refractivity contribution in [3.05, 3.63) is 29.3 Å². The molecule has 1 amide bonds. The summed E-state index contributed by atoms with van der Waals surface area (Å²) in [4.78, 5) is 25.8. The van der Waals surface area contributed by atoms with Gasteiger partial charge in [0.2, 0.25) is 5.91 Å². The molecule has 3 rings (SSSR count). The zero-order valence-corrected chi connectivity index (χ0v) is 18.7. The minimum absolute atomic E-state index is 0.0884. The third-order valence-corrected chi connectivity index (χ3v) is 8.02. The van der Waals surface area contributed by atoms with E-state index in [9.17, 15) is 23.1 Å². The van der Waals surface area contributed by atoms with Crippen molar-refractivity contribution in [1.29, 1.82) is 0 Å². The van der Waals surface area contributed by atoms with Crippen LogP contribution in [0.3, 0.4) is 0 Å². The van der Waals surface area contributed by atoms with E-state index in [0.717, 1.165) is 16.0 Å². The highest BCUT2D eigenvalue weighted by atomic mass is 35.5. The summed E-state index contributed by atoms with van der Waals surface area (Å²) in [5, 5.41) is 10.8. The maximum atomic E-state index is 12.8. The van der Waals surface area contributed by atoms with Crippen LogP contribution in [0.5, 0.6) is 0 Å².